The summed E-state index contributed by atoms with van der Waals surface area (Å²) in [6.07, 6.45) is 7.74. The van der Waals surface area contributed by atoms with Crippen LogP contribution in [0.4, 0.5) is 0 Å². The Balaban J connectivity index is 1.53. The molecule has 5 rings (SSSR count). The number of hydrogen-bond donors (Lipinski definition) is 4. The lowest BCUT2D eigenvalue weighted by atomic mass is 9.44. The first-order chi connectivity index (χ1) is 16.3. The monoisotopic (exact) mass is 486 g/mol. The van der Waals surface area contributed by atoms with E-state index < -0.39 is 46.3 Å². The van der Waals surface area contributed by atoms with E-state index in [1.165, 1.54) is 6.92 Å². The molecule has 192 valence electrons. The highest BCUT2D eigenvalue weighted by atomic mass is 16.6. The third-order valence-corrected chi connectivity index (χ3v) is 11.0. The number of hydrogen-bond acceptors (Lipinski definition) is 7. The molecule has 0 aromatic heterocycles. The smallest absolute Gasteiger partial charge is 0.336 e. The highest BCUT2D eigenvalue weighted by molar-refractivity contribution is 5.92. The number of ketones is 1. The molecule has 7 heteroatoms. The molecule has 0 aromatic carbocycles. The van der Waals surface area contributed by atoms with Crippen molar-refractivity contribution in [3.8, 4) is 0 Å². The molecule has 5 aliphatic rings. The molecule has 2 fully saturated rings. The average molecular weight is 487 g/mol. The summed E-state index contributed by atoms with van der Waals surface area (Å²) in [5.74, 6) is -0.791. The molecule has 7 nitrogen and oxygen atoms in total. The van der Waals surface area contributed by atoms with Crippen molar-refractivity contribution in [1.29, 1.82) is 0 Å². The van der Waals surface area contributed by atoms with E-state index in [4.69, 9.17) is 4.74 Å². The van der Waals surface area contributed by atoms with Crippen LogP contribution in [0.1, 0.15) is 72.6 Å². The maximum absolute atomic E-state index is 13.2. The first-order valence-corrected chi connectivity index (χ1v) is 12.9. The maximum atomic E-state index is 13.2. The van der Waals surface area contributed by atoms with Gasteiger partial charge in [0.25, 0.3) is 0 Å². The molecule has 4 aliphatic carbocycles. The molecule has 0 bridgehead atoms. The van der Waals surface area contributed by atoms with Crippen LogP contribution in [-0.4, -0.2) is 61.7 Å². The summed E-state index contributed by atoms with van der Waals surface area (Å²) in [6, 6.07) is 0. The topological polar surface area (TPSA) is 124 Å². The summed E-state index contributed by atoms with van der Waals surface area (Å²) in [7, 11) is 0. The Labute approximate surface area is 206 Å². The number of rotatable bonds is 3. The van der Waals surface area contributed by atoms with Gasteiger partial charge in [0.05, 0.1) is 23.2 Å². The summed E-state index contributed by atoms with van der Waals surface area (Å²) in [5.41, 5.74) is -4.73. The number of aliphatic hydroxyl groups is 4. The first kappa shape index (κ1) is 24.9. The van der Waals surface area contributed by atoms with Crippen molar-refractivity contribution in [2.45, 2.75) is 95.5 Å². The molecule has 1 aliphatic heterocycles. The Morgan fingerprint density at radius 2 is 1.86 bits per heavy atom. The lowest BCUT2D eigenvalue weighted by molar-refractivity contribution is -0.279. The van der Waals surface area contributed by atoms with Crippen molar-refractivity contribution in [2.24, 2.45) is 22.7 Å². The van der Waals surface area contributed by atoms with Crippen molar-refractivity contribution in [2.75, 3.05) is 6.61 Å². The Morgan fingerprint density at radius 3 is 2.51 bits per heavy atom. The van der Waals surface area contributed by atoms with E-state index >= 15 is 0 Å². The number of Topliss-reactive ketones (excluding diaryl/α,β-unsaturated/α-hetero) is 1. The standard InChI is InChI=1S/C28H38O7/c1-16-14-22(35-23(31)18(16)15-29)26(4,32)28(34)13-12-27(33)20-9-8-17-6-5-7-21(30)25(17,3)19(20)10-11-24(27,28)2/h5-6,8,19-20,22,29,32-34H,7,9-15H2,1-4H3/t19-,20+,22?,24-,25-,26-,27+,28-/m0/s1. The maximum Gasteiger partial charge on any atom is 0.336 e. The molecular weight excluding hydrogens is 448 g/mol. The van der Waals surface area contributed by atoms with Gasteiger partial charge in [-0.05, 0) is 70.3 Å². The van der Waals surface area contributed by atoms with E-state index in [9.17, 15) is 30.0 Å². The predicted octanol–water partition coefficient (Wildman–Crippen LogP) is 2.52. The zero-order valence-corrected chi connectivity index (χ0v) is 21.1. The first-order valence-electron chi connectivity index (χ1n) is 12.9. The SMILES string of the molecule is CC1=C(CO)C(=O)OC([C@](C)(O)[C@]2(O)CC[C@@]3(O)[C@@H]4CC=C5C=CCC(=O)[C@]5(C)[C@H]4CC[C@]23C)C1. The summed E-state index contributed by atoms with van der Waals surface area (Å²) >= 11 is 0. The quantitative estimate of drug-likeness (QED) is 0.452. The largest absolute Gasteiger partial charge is 0.455 e. The van der Waals surface area contributed by atoms with Crippen molar-refractivity contribution < 1.29 is 34.8 Å². The fourth-order valence-electron chi connectivity index (χ4n) is 8.53. The molecular formula is C28H38O7. The molecule has 1 unspecified atom stereocenters. The third kappa shape index (κ3) is 2.87. The average Bonchev–Trinajstić information content (AvgIpc) is 3.02. The van der Waals surface area contributed by atoms with Crippen LogP contribution in [0.2, 0.25) is 0 Å². The number of ether oxygens (including phenoxy) is 1. The van der Waals surface area contributed by atoms with E-state index in [2.05, 4.69) is 6.08 Å². The second-order valence-corrected chi connectivity index (χ2v) is 12.2. The van der Waals surface area contributed by atoms with E-state index in [1.54, 1.807) is 6.92 Å². The van der Waals surface area contributed by atoms with Gasteiger partial charge in [-0.1, -0.05) is 30.7 Å². The Hall–Kier alpha value is -1.80. The number of aliphatic hydroxyl groups excluding tert-OH is 1. The van der Waals surface area contributed by atoms with E-state index in [-0.39, 0.29) is 42.5 Å². The molecule has 0 amide bonds. The van der Waals surface area contributed by atoms with E-state index in [0.717, 1.165) is 5.57 Å². The van der Waals surface area contributed by atoms with Crippen molar-refractivity contribution in [3.05, 3.63) is 34.9 Å². The van der Waals surface area contributed by atoms with Crippen LogP contribution in [0.5, 0.6) is 0 Å². The van der Waals surface area contributed by atoms with Crippen LogP contribution in [-0.2, 0) is 14.3 Å². The van der Waals surface area contributed by atoms with Gasteiger partial charge in [-0.3, -0.25) is 4.79 Å². The van der Waals surface area contributed by atoms with E-state index in [1.807, 2.05) is 26.0 Å². The van der Waals surface area contributed by atoms with Crippen LogP contribution in [0.25, 0.3) is 0 Å². The minimum Gasteiger partial charge on any atom is -0.455 e. The van der Waals surface area contributed by atoms with Crippen molar-refractivity contribution >= 4 is 11.8 Å². The molecule has 0 spiro atoms. The van der Waals surface area contributed by atoms with Crippen LogP contribution >= 0.6 is 0 Å². The molecule has 4 N–H and O–H groups in total. The van der Waals surface area contributed by atoms with Gasteiger partial charge in [0, 0.05) is 18.3 Å². The zero-order chi connectivity index (χ0) is 25.6. The number of cyclic esters (lactones) is 1. The van der Waals surface area contributed by atoms with Gasteiger partial charge >= 0.3 is 5.97 Å². The van der Waals surface area contributed by atoms with E-state index in [0.29, 0.717) is 31.3 Å². The van der Waals surface area contributed by atoms with Gasteiger partial charge in [0.1, 0.15) is 23.1 Å². The van der Waals surface area contributed by atoms with Crippen molar-refractivity contribution in [3.63, 3.8) is 0 Å². The molecule has 35 heavy (non-hydrogen) atoms. The fraction of sp³-hybridized carbons (Fsp3) is 0.714. The van der Waals surface area contributed by atoms with Gasteiger partial charge in [-0.25, -0.2) is 4.79 Å². The third-order valence-electron chi connectivity index (χ3n) is 11.0. The minimum atomic E-state index is -1.83. The second-order valence-electron chi connectivity index (χ2n) is 12.2. The van der Waals surface area contributed by atoms with Gasteiger partial charge in [-0.15, -0.1) is 0 Å². The van der Waals surface area contributed by atoms with Gasteiger partial charge in [0.2, 0.25) is 0 Å². The predicted molar refractivity (Wildman–Crippen MR) is 128 cm³/mol. The highest BCUT2D eigenvalue weighted by Gasteiger charge is 2.76. The number of fused-ring (bicyclic) bond motifs is 5. The van der Waals surface area contributed by atoms with Gasteiger partial charge in [-0.2, -0.15) is 0 Å². The minimum absolute atomic E-state index is 0.0462. The van der Waals surface area contributed by atoms with Crippen LogP contribution in [0.3, 0.4) is 0 Å². The summed E-state index contributed by atoms with van der Waals surface area (Å²) in [6.45, 7) is 6.63. The molecule has 2 saturated carbocycles. The Morgan fingerprint density at radius 1 is 1.14 bits per heavy atom. The number of carbonyl (C=O) groups is 2. The molecule has 0 saturated heterocycles. The molecule has 8 atom stereocenters. The summed E-state index contributed by atoms with van der Waals surface area (Å²) in [5, 5.41) is 46.0. The zero-order valence-electron chi connectivity index (χ0n) is 21.1. The van der Waals surface area contributed by atoms with Gasteiger partial charge < -0.3 is 25.2 Å². The molecule has 0 radical (unpaired) electrons. The van der Waals surface area contributed by atoms with Crippen LogP contribution in [0, 0.1) is 22.7 Å². The molecule has 0 aromatic rings. The van der Waals surface area contributed by atoms with Crippen LogP contribution < -0.4 is 0 Å². The second kappa shape index (κ2) is 7.60. The lowest BCUT2D eigenvalue weighted by Crippen LogP contribution is -2.72. The summed E-state index contributed by atoms with van der Waals surface area (Å²) in [4.78, 5) is 25.7. The highest BCUT2D eigenvalue weighted by Crippen LogP contribution is 2.70. The molecule has 1 heterocycles. The fourth-order valence-corrected chi connectivity index (χ4v) is 8.53. The normalized spacial score (nSPS) is 46.9. The lowest BCUT2D eigenvalue weighted by Gasteiger charge is -2.63. The number of carbonyl (C=O) groups excluding carboxylic acids is 2. The van der Waals surface area contributed by atoms with Gasteiger partial charge in [0.15, 0.2) is 0 Å². The summed E-state index contributed by atoms with van der Waals surface area (Å²) < 4.78 is 5.56. The Bertz CT molecular complexity index is 1070. The Kier molecular flexibility index (Phi) is 5.40. The van der Waals surface area contributed by atoms with Crippen LogP contribution in [0.15, 0.2) is 34.9 Å². The number of allylic oxidation sites excluding steroid dienone is 4. The van der Waals surface area contributed by atoms with Crippen molar-refractivity contribution in [1.82, 2.24) is 0 Å². The number of esters is 1.